The van der Waals surface area contributed by atoms with E-state index < -0.39 is 0 Å². The molecule has 3 rings (SSSR count). The molecule has 0 aromatic rings. The van der Waals surface area contributed by atoms with E-state index in [9.17, 15) is 0 Å². The van der Waals surface area contributed by atoms with Crippen molar-refractivity contribution in [2.75, 3.05) is 32.4 Å². The highest BCUT2D eigenvalue weighted by molar-refractivity contribution is 7.99. The van der Waals surface area contributed by atoms with Gasteiger partial charge in [0.2, 0.25) is 0 Å². The Kier molecular flexibility index (Phi) is 4.21. The lowest BCUT2D eigenvalue weighted by Gasteiger charge is -2.46. The lowest BCUT2D eigenvalue weighted by molar-refractivity contribution is 0.0503. The topological polar surface area (TPSA) is 15.3 Å². The summed E-state index contributed by atoms with van der Waals surface area (Å²) in [7, 11) is 0. The summed E-state index contributed by atoms with van der Waals surface area (Å²) in [5.74, 6) is 0. The van der Waals surface area contributed by atoms with Crippen molar-refractivity contribution in [3.8, 4) is 0 Å². The van der Waals surface area contributed by atoms with Crippen molar-refractivity contribution in [3.63, 3.8) is 0 Å². The average Bonchev–Trinajstić information content (AvgIpc) is 2.89. The second-order valence-electron chi connectivity index (χ2n) is 6.60. The first-order chi connectivity index (χ1) is 8.83. The predicted octanol–water partition coefficient (Wildman–Crippen LogP) is 2.74. The monoisotopic (exact) mass is 268 g/mol. The number of nitrogens with one attached hydrogen (secondary N) is 1. The third-order valence-electron chi connectivity index (χ3n) is 5.67. The van der Waals surface area contributed by atoms with Gasteiger partial charge in [0.15, 0.2) is 0 Å². The van der Waals surface area contributed by atoms with E-state index in [4.69, 9.17) is 0 Å². The second-order valence-corrected chi connectivity index (χ2v) is 7.67. The quantitative estimate of drug-likeness (QED) is 0.829. The van der Waals surface area contributed by atoms with Gasteiger partial charge in [0, 0.05) is 24.4 Å². The standard InChI is InChI=1S/C15H28N2S/c1-18-14-12-16-11-13(14)17-9-7-15(8-10-17)5-3-2-4-6-15/h13-14,16H,2-12H2,1H3. The average molecular weight is 268 g/mol. The fourth-order valence-electron chi connectivity index (χ4n) is 4.38. The molecule has 0 radical (unpaired) electrons. The number of likely N-dealkylation sites (tertiary alicyclic amines) is 1. The van der Waals surface area contributed by atoms with Crippen molar-refractivity contribution in [1.82, 2.24) is 10.2 Å². The van der Waals surface area contributed by atoms with Crippen molar-refractivity contribution in [3.05, 3.63) is 0 Å². The first-order valence-electron chi connectivity index (χ1n) is 7.81. The molecule has 2 nitrogen and oxygen atoms in total. The minimum absolute atomic E-state index is 0.760. The molecule has 1 saturated carbocycles. The molecule has 18 heavy (non-hydrogen) atoms. The third-order valence-corrected chi connectivity index (χ3v) is 6.76. The van der Waals surface area contributed by atoms with Gasteiger partial charge in [-0.2, -0.15) is 11.8 Å². The molecule has 2 unspecified atom stereocenters. The summed E-state index contributed by atoms with van der Waals surface area (Å²) in [4.78, 5) is 2.79. The highest BCUT2D eigenvalue weighted by Gasteiger charge is 2.39. The number of nitrogens with zero attached hydrogens (tertiary/aromatic N) is 1. The zero-order valence-electron chi connectivity index (χ0n) is 11.8. The van der Waals surface area contributed by atoms with E-state index >= 15 is 0 Å². The SMILES string of the molecule is CSC1CNCC1N1CCC2(CCCCC2)CC1. The molecule has 0 aromatic carbocycles. The third kappa shape index (κ3) is 2.59. The fourth-order valence-corrected chi connectivity index (χ4v) is 5.24. The first-order valence-corrected chi connectivity index (χ1v) is 9.09. The minimum Gasteiger partial charge on any atom is -0.314 e. The highest BCUT2D eigenvalue weighted by atomic mass is 32.2. The Morgan fingerprint density at radius 1 is 1.00 bits per heavy atom. The lowest BCUT2D eigenvalue weighted by Crippen LogP contribution is -2.49. The van der Waals surface area contributed by atoms with Crippen LogP contribution in [0.5, 0.6) is 0 Å². The zero-order valence-corrected chi connectivity index (χ0v) is 12.6. The molecule has 1 N–H and O–H groups in total. The van der Waals surface area contributed by atoms with Crippen molar-refractivity contribution in [2.24, 2.45) is 5.41 Å². The van der Waals surface area contributed by atoms with E-state index in [2.05, 4.69) is 28.2 Å². The van der Waals surface area contributed by atoms with E-state index in [1.807, 2.05) is 0 Å². The van der Waals surface area contributed by atoms with Crippen LogP contribution in [0.25, 0.3) is 0 Å². The number of hydrogen-bond acceptors (Lipinski definition) is 3. The molecule has 3 aliphatic rings. The lowest BCUT2D eigenvalue weighted by atomic mass is 9.68. The number of hydrogen-bond donors (Lipinski definition) is 1. The van der Waals surface area contributed by atoms with Gasteiger partial charge in [0.05, 0.1) is 0 Å². The van der Waals surface area contributed by atoms with Gasteiger partial charge >= 0.3 is 0 Å². The predicted molar refractivity (Wildman–Crippen MR) is 80.3 cm³/mol. The van der Waals surface area contributed by atoms with Crippen LogP contribution < -0.4 is 5.32 Å². The van der Waals surface area contributed by atoms with Crippen LogP contribution in [0.3, 0.4) is 0 Å². The van der Waals surface area contributed by atoms with E-state index in [-0.39, 0.29) is 0 Å². The zero-order chi connectivity index (χ0) is 12.4. The molecule has 1 aliphatic carbocycles. The van der Waals surface area contributed by atoms with Gasteiger partial charge in [0.25, 0.3) is 0 Å². The molecule has 1 spiro atoms. The van der Waals surface area contributed by atoms with Crippen LogP contribution in [0, 0.1) is 5.41 Å². The normalized spacial score (nSPS) is 37.2. The molecule has 2 saturated heterocycles. The Balaban J connectivity index is 1.56. The number of piperidine rings is 1. The Morgan fingerprint density at radius 3 is 2.39 bits per heavy atom. The Hall–Kier alpha value is 0.270. The highest BCUT2D eigenvalue weighted by Crippen LogP contribution is 2.45. The summed E-state index contributed by atoms with van der Waals surface area (Å²) < 4.78 is 0. The molecule has 3 heteroatoms. The summed E-state index contributed by atoms with van der Waals surface area (Å²) in [5, 5.41) is 4.40. The summed E-state index contributed by atoms with van der Waals surface area (Å²) in [5.41, 5.74) is 0.760. The maximum Gasteiger partial charge on any atom is 0.0351 e. The first kappa shape index (κ1) is 13.3. The van der Waals surface area contributed by atoms with Gasteiger partial charge < -0.3 is 5.32 Å². The van der Waals surface area contributed by atoms with Crippen LogP contribution in [-0.2, 0) is 0 Å². The molecule has 0 aromatic heterocycles. The van der Waals surface area contributed by atoms with Gasteiger partial charge in [-0.3, -0.25) is 4.90 Å². The Morgan fingerprint density at radius 2 is 1.72 bits per heavy atom. The van der Waals surface area contributed by atoms with Crippen LogP contribution in [0.1, 0.15) is 44.9 Å². The van der Waals surface area contributed by atoms with E-state index in [0.29, 0.717) is 0 Å². The van der Waals surface area contributed by atoms with E-state index in [1.54, 1.807) is 0 Å². The maximum atomic E-state index is 3.58. The van der Waals surface area contributed by atoms with E-state index in [0.717, 1.165) is 16.7 Å². The molecule has 2 aliphatic heterocycles. The van der Waals surface area contributed by atoms with E-state index in [1.165, 1.54) is 71.1 Å². The summed E-state index contributed by atoms with van der Waals surface area (Å²) in [6.07, 6.45) is 12.8. The number of thioether (sulfide) groups is 1. The second kappa shape index (κ2) is 5.72. The summed E-state index contributed by atoms with van der Waals surface area (Å²) in [6.45, 7) is 5.17. The van der Waals surface area contributed by atoms with Crippen LogP contribution in [0.4, 0.5) is 0 Å². The minimum atomic E-state index is 0.760. The van der Waals surface area contributed by atoms with Crippen LogP contribution in [0.2, 0.25) is 0 Å². The maximum absolute atomic E-state index is 3.58. The van der Waals surface area contributed by atoms with Crippen LogP contribution in [-0.4, -0.2) is 48.6 Å². The van der Waals surface area contributed by atoms with Crippen LogP contribution >= 0.6 is 11.8 Å². The molecule has 104 valence electrons. The molecule has 0 bridgehead atoms. The fraction of sp³-hybridized carbons (Fsp3) is 1.00. The summed E-state index contributed by atoms with van der Waals surface area (Å²) in [6, 6.07) is 0.806. The molecule has 0 amide bonds. The molecule has 2 atom stereocenters. The Bertz CT molecular complexity index is 266. The van der Waals surface area contributed by atoms with Crippen LogP contribution in [0.15, 0.2) is 0 Å². The number of rotatable bonds is 2. The summed E-state index contributed by atoms with van der Waals surface area (Å²) >= 11 is 2.06. The molecule has 2 heterocycles. The van der Waals surface area contributed by atoms with Gasteiger partial charge in [-0.1, -0.05) is 19.3 Å². The van der Waals surface area contributed by atoms with Gasteiger partial charge in [-0.15, -0.1) is 0 Å². The van der Waals surface area contributed by atoms with Crippen molar-refractivity contribution >= 4 is 11.8 Å². The van der Waals surface area contributed by atoms with Gasteiger partial charge in [-0.25, -0.2) is 0 Å². The Labute approximate surface area is 116 Å². The largest absolute Gasteiger partial charge is 0.314 e. The smallest absolute Gasteiger partial charge is 0.0351 e. The van der Waals surface area contributed by atoms with Gasteiger partial charge in [0.1, 0.15) is 0 Å². The van der Waals surface area contributed by atoms with Gasteiger partial charge in [-0.05, 0) is 50.4 Å². The molecule has 3 fully saturated rings. The molecular formula is C15H28N2S. The molecular weight excluding hydrogens is 240 g/mol. The van der Waals surface area contributed by atoms with Crippen molar-refractivity contribution < 1.29 is 0 Å². The van der Waals surface area contributed by atoms with Crippen molar-refractivity contribution in [1.29, 1.82) is 0 Å². The van der Waals surface area contributed by atoms with Crippen molar-refractivity contribution in [2.45, 2.75) is 56.2 Å².